The van der Waals surface area contributed by atoms with E-state index in [2.05, 4.69) is 15.6 Å². The van der Waals surface area contributed by atoms with Crippen molar-refractivity contribution in [1.82, 2.24) is 15.2 Å². The predicted molar refractivity (Wildman–Crippen MR) is 107 cm³/mol. The summed E-state index contributed by atoms with van der Waals surface area (Å²) in [5.41, 5.74) is -0.264. The molecule has 0 aliphatic carbocycles. The molecule has 0 aromatic carbocycles. The van der Waals surface area contributed by atoms with Gasteiger partial charge < -0.3 is 20.3 Å². The molecule has 2 amide bonds. The Bertz CT molecular complexity index is 713. The standard InChI is InChI=1S/C16H20Cl4N4O3/c1-16(2,3)27-15(26)22-8-4-6-24(14(8)25)7-5-21-11-9(17)12(19)23-13(20)10(11)18/h8H,4-7H2,1-3H3,(H,21,23)(H,22,26)/t8-/m0/s1. The fourth-order valence-corrected chi connectivity index (χ4v) is 3.36. The van der Waals surface area contributed by atoms with Crippen LogP contribution in [0.2, 0.25) is 20.4 Å². The summed E-state index contributed by atoms with van der Waals surface area (Å²) in [6, 6.07) is -0.600. The van der Waals surface area contributed by atoms with Gasteiger partial charge in [-0.3, -0.25) is 4.79 Å². The van der Waals surface area contributed by atoms with Gasteiger partial charge in [0.05, 0.1) is 5.69 Å². The van der Waals surface area contributed by atoms with E-state index in [1.807, 2.05) is 0 Å². The number of amides is 2. The molecular formula is C16H20Cl4N4O3. The maximum atomic E-state index is 12.4. The maximum Gasteiger partial charge on any atom is 0.408 e. The Hall–Kier alpha value is -1.15. The molecule has 1 aromatic rings. The van der Waals surface area contributed by atoms with Gasteiger partial charge in [0.25, 0.3) is 0 Å². The van der Waals surface area contributed by atoms with Gasteiger partial charge >= 0.3 is 6.09 Å². The van der Waals surface area contributed by atoms with Crippen LogP contribution in [0.25, 0.3) is 0 Å². The lowest BCUT2D eigenvalue weighted by Crippen LogP contribution is -2.44. The van der Waals surface area contributed by atoms with Crippen molar-refractivity contribution < 1.29 is 14.3 Å². The molecule has 2 heterocycles. The average molecular weight is 458 g/mol. The second-order valence-electron chi connectivity index (χ2n) is 6.94. The van der Waals surface area contributed by atoms with Crippen LogP contribution in [0.3, 0.4) is 0 Å². The fourth-order valence-electron chi connectivity index (χ4n) is 2.50. The molecule has 2 rings (SSSR count). The Morgan fingerprint density at radius 1 is 1.22 bits per heavy atom. The van der Waals surface area contributed by atoms with E-state index < -0.39 is 17.7 Å². The summed E-state index contributed by atoms with van der Waals surface area (Å²) in [4.78, 5) is 29.7. The highest BCUT2D eigenvalue weighted by molar-refractivity contribution is 6.48. The monoisotopic (exact) mass is 456 g/mol. The number of nitrogens with one attached hydrogen (secondary N) is 2. The zero-order valence-corrected chi connectivity index (χ0v) is 18.1. The molecule has 0 spiro atoms. The van der Waals surface area contributed by atoms with Gasteiger partial charge in [-0.15, -0.1) is 0 Å². The molecule has 7 nitrogen and oxygen atoms in total. The molecule has 150 valence electrons. The third-order valence-corrected chi connectivity index (χ3v) is 5.15. The van der Waals surface area contributed by atoms with Gasteiger partial charge in [0.15, 0.2) is 10.3 Å². The Morgan fingerprint density at radius 2 is 1.81 bits per heavy atom. The predicted octanol–water partition coefficient (Wildman–Crippen LogP) is 4.23. The zero-order valence-electron chi connectivity index (χ0n) is 15.0. The second kappa shape index (κ2) is 8.90. The van der Waals surface area contributed by atoms with Crippen molar-refractivity contribution in [3.8, 4) is 0 Å². The molecule has 1 fully saturated rings. The highest BCUT2D eigenvalue weighted by atomic mass is 35.5. The Kier molecular flexibility index (Phi) is 7.30. The molecule has 1 aromatic heterocycles. The van der Waals surface area contributed by atoms with Crippen LogP contribution in [0.1, 0.15) is 27.2 Å². The molecule has 0 radical (unpaired) electrons. The number of likely N-dealkylation sites (tertiary alicyclic amines) is 1. The maximum absolute atomic E-state index is 12.4. The van der Waals surface area contributed by atoms with E-state index >= 15 is 0 Å². The van der Waals surface area contributed by atoms with Crippen molar-refractivity contribution in [2.75, 3.05) is 25.0 Å². The highest BCUT2D eigenvalue weighted by Crippen LogP contribution is 2.38. The minimum atomic E-state index is -0.624. The first-order chi connectivity index (χ1) is 12.5. The topological polar surface area (TPSA) is 83.6 Å². The average Bonchev–Trinajstić information content (AvgIpc) is 2.87. The molecule has 0 bridgehead atoms. The van der Waals surface area contributed by atoms with Gasteiger partial charge in [-0.2, -0.15) is 0 Å². The molecule has 0 unspecified atom stereocenters. The lowest BCUT2D eigenvalue weighted by Gasteiger charge is -2.22. The largest absolute Gasteiger partial charge is 0.444 e. The van der Waals surface area contributed by atoms with Crippen LogP contribution >= 0.6 is 46.4 Å². The third-order valence-electron chi connectivity index (χ3n) is 3.67. The fraction of sp³-hybridized carbons (Fsp3) is 0.562. The molecular weight excluding hydrogens is 438 g/mol. The van der Waals surface area contributed by atoms with Crippen LogP contribution in [0, 0.1) is 0 Å². The first kappa shape index (κ1) is 22.1. The molecule has 0 saturated carbocycles. The molecule has 1 atom stereocenters. The van der Waals surface area contributed by atoms with Crippen molar-refractivity contribution in [3.63, 3.8) is 0 Å². The highest BCUT2D eigenvalue weighted by Gasteiger charge is 2.33. The normalized spacial score (nSPS) is 17.2. The summed E-state index contributed by atoms with van der Waals surface area (Å²) in [6.45, 7) is 6.54. The van der Waals surface area contributed by atoms with E-state index in [1.54, 1.807) is 25.7 Å². The number of carbonyl (C=O) groups excluding carboxylic acids is 2. The summed E-state index contributed by atoms with van der Waals surface area (Å²) < 4.78 is 5.18. The lowest BCUT2D eigenvalue weighted by atomic mass is 10.2. The summed E-state index contributed by atoms with van der Waals surface area (Å²) in [6.07, 6.45) is -0.104. The van der Waals surface area contributed by atoms with E-state index in [4.69, 9.17) is 51.1 Å². The van der Waals surface area contributed by atoms with Crippen LogP contribution in [0.5, 0.6) is 0 Å². The second-order valence-corrected chi connectivity index (χ2v) is 8.41. The number of nitrogens with zero attached hydrogens (tertiary/aromatic N) is 2. The molecule has 27 heavy (non-hydrogen) atoms. The van der Waals surface area contributed by atoms with E-state index in [1.165, 1.54) is 0 Å². The summed E-state index contributed by atoms with van der Waals surface area (Å²) in [5.74, 6) is -0.175. The Morgan fingerprint density at radius 3 is 2.37 bits per heavy atom. The minimum absolute atomic E-state index is 0.0347. The van der Waals surface area contributed by atoms with Crippen LogP contribution in [0.15, 0.2) is 0 Å². The van der Waals surface area contributed by atoms with Crippen LogP contribution in [-0.4, -0.2) is 53.2 Å². The van der Waals surface area contributed by atoms with Gasteiger partial charge in [-0.25, -0.2) is 9.78 Å². The van der Waals surface area contributed by atoms with Gasteiger partial charge in [0.2, 0.25) is 5.91 Å². The number of carbonyl (C=O) groups is 2. The minimum Gasteiger partial charge on any atom is -0.444 e. The zero-order chi connectivity index (χ0) is 20.4. The number of halogens is 4. The smallest absolute Gasteiger partial charge is 0.408 e. The summed E-state index contributed by atoms with van der Waals surface area (Å²) in [7, 11) is 0. The van der Waals surface area contributed by atoms with Gasteiger partial charge in [0, 0.05) is 19.6 Å². The molecule has 11 heteroatoms. The number of alkyl carbamates (subject to hydrolysis) is 1. The van der Waals surface area contributed by atoms with Crippen molar-refractivity contribution >= 4 is 64.1 Å². The van der Waals surface area contributed by atoms with E-state index in [0.717, 1.165) is 0 Å². The Balaban J connectivity index is 1.88. The van der Waals surface area contributed by atoms with Gasteiger partial charge in [-0.05, 0) is 27.2 Å². The third kappa shape index (κ3) is 5.91. The lowest BCUT2D eigenvalue weighted by molar-refractivity contribution is -0.129. The molecule has 1 aliphatic rings. The number of rotatable bonds is 5. The number of anilines is 1. The van der Waals surface area contributed by atoms with Crippen LogP contribution in [-0.2, 0) is 9.53 Å². The number of ether oxygens (including phenoxy) is 1. The first-order valence-electron chi connectivity index (χ1n) is 8.21. The SMILES string of the molecule is CC(C)(C)OC(=O)N[C@H]1CCN(CCNc2c(Cl)c(Cl)nc(Cl)c2Cl)C1=O. The molecule has 1 saturated heterocycles. The first-order valence-corrected chi connectivity index (χ1v) is 9.73. The molecule has 2 N–H and O–H groups in total. The summed E-state index contributed by atoms with van der Waals surface area (Å²) in [5, 5.41) is 6.00. The molecule has 1 aliphatic heterocycles. The van der Waals surface area contributed by atoms with E-state index in [9.17, 15) is 9.59 Å². The van der Waals surface area contributed by atoms with E-state index in [0.29, 0.717) is 31.7 Å². The van der Waals surface area contributed by atoms with Crippen LogP contribution in [0.4, 0.5) is 10.5 Å². The number of aromatic nitrogens is 1. The van der Waals surface area contributed by atoms with E-state index in [-0.39, 0.29) is 26.3 Å². The quantitative estimate of drug-likeness (QED) is 0.646. The number of pyridine rings is 1. The Labute approximate surface area is 177 Å². The summed E-state index contributed by atoms with van der Waals surface area (Å²) >= 11 is 24.0. The van der Waals surface area contributed by atoms with Crippen molar-refractivity contribution in [2.24, 2.45) is 0 Å². The van der Waals surface area contributed by atoms with Crippen molar-refractivity contribution in [1.29, 1.82) is 0 Å². The number of hydrogen-bond acceptors (Lipinski definition) is 5. The van der Waals surface area contributed by atoms with Gasteiger partial charge in [-0.1, -0.05) is 46.4 Å². The van der Waals surface area contributed by atoms with Gasteiger partial charge in [0.1, 0.15) is 21.7 Å². The van der Waals surface area contributed by atoms with Crippen molar-refractivity contribution in [2.45, 2.75) is 38.8 Å². The van der Waals surface area contributed by atoms with Crippen molar-refractivity contribution in [3.05, 3.63) is 20.4 Å². The number of hydrogen-bond donors (Lipinski definition) is 2. The van der Waals surface area contributed by atoms with Crippen LogP contribution < -0.4 is 10.6 Å².